The predicted octanol–water partition coefficient (Wildman–Crippen LogP) is 4.25. The van der Waals surface area contributed by atoms with Crippen LogP contribution in [0, 0.1) is 0 Å². The first-order chi connectivity index (χ1) is 14.6. The first-order valence-corrected chi connectivity index (χ1v) is 10.4. The van der Waals surface area contributed by atoms with Gasteiger partial charge in [-0.1, -0.05) is 84.6 Å². The zero-order chi connectivity index (χ0) is 21.0. The molecule has 150 valence electrons. The lowest BCUT2D eigenvalue weighted by Gasteiger charge is -2.25. The van der Waals surface area contributed by atoms with Gasteiger partial charge in [0, 0.05) is 19.8 Å². The van der Waals surface area contributed by atoms with E-state index in [1.165, 1.54) is 11.8 Å². The Morgan fingerprint density at radius 1 is 0.867 bits per heavy atom. The fourth-order valence-electron chi connectivity index (χ4n) is 3.35. The molecule has 1 fully saturated rings. The van der Waals surface area contributed by atoms with Gasteiger partial charge >= 0.3 is 0 Å². The molecule has 0 saturated carbocycles. The van der Waals surface area contributed by atoms with Crippen molar-refractivity contribution >= 4 is 34.7 Å². The minimum absolute atomic E-state index is 0.116. The summed E-state index contributed by atoms with van der Waals surface area (Å²) in [6.45, 7) is 0. The molecular weight excluding hydrogens is 392 g/mol. The molecule has 3 aromatic rings. The van der Waals surface area contributed by atoms with Gasteiger partial charge in [-0.3, -0.25) is 4.79 Å². The lowest BCUT2D eigenvalue weighted by molar-refractivity contribution is -0.120. The second-order valence-electron chi connectivity index (χ2n) is 7.11. The van der Waals surface area contributed by atoms with Gasteiger partial charge in [0.25, 0.3) is 5.91 Å². The largest absolute Gasteiger partial charge is 0.378 e. The molecule has 0 spiro atoms. The van der Waals surface area contributed by atoms with Gasteiger partial charge < -0.3 is 10.2 Å². The third-order valence-corrected chi connectivity index (χ3v) is 6.26. The molecule has 1 saturated heterocycles. The van der Waals surface area contributed by atoms with Gasteiger partial charge in [0.15, 0.2) is 9.91 Å². The minimum Gasteiger partial charge on any atom is -0.378 e. The van der Waals surface area contributed by atoms with Gasteiger partial charge in [-0.2, -0.15) is 5.10 Å². The number of hydrogen-bond donors (Lipinski definition) is 1. The third kappa shape index (κ3) is 3.86. The van der Waals surface area contributed by atoms with Crippen molar-refractivity contribution in [1.29, 1.82) is 0 Å². The van der Waals surface area contributed by atoms with Crippen LogP contribution in [0.15, 0.2) is 95.1 Å². The van der Waals surface area contributed by atoms with E-state index in [9.17, 15) is 4.79 Å². The van der Waals surface area contributed by atoms with Crippen LogP contribution in [-0.2, 0) is 9.54 Å². The van der Waals surface area contributed by atoms with Gasteiger partial charge in [0.1, 0.15) is 0 Å². The molecule has 1 amide bonds. The zero-order valence-corrected chi connectivity index (χ0v) is 17.6. The van der Waals surface area contributed by atoms with Crippen LogP contribution in [0.1, 0.15) is 16.7 Å². The quantitative estimate of drug-likeness (QED) is 0.502. The number of amides is 1. The summed E-state index contributed by atoms with van der Waals surface area (Å²) in [5.74, 6) is -0.116. The number of thioether (sulfide) groups is 1. The van der Waals surface area contributed by atoms with Gasteiger partial charge in [-0.05, 0) is 28.8 Å². The van der Waals surface area contributed by atoms with Crippen LogP contribution in [0.5, 0.6) is 0 Å². The highest BCUT2D eigenvalue weighted by molar-refractivity contribution is 8.16. The van der Waals surface area contributed by atoms with Crippen LogP contribution in [0.25, 0.3) is 0 Å². The molecule has 0 radical (unpaired) electrons. The van der Waals surface area contributed by atoms with E-state index >= 15 is 0 Å². The van der Waals surface area contributed by atoms with E-state index in [-0.39, 0.29) is 5.91 Å². The number of amidine groups is 1. The van der Waals surface area contributed by atoms with Crippen molar-refractivity contribution in [3.05, 3.63) is 102 Å². The number of anilines is 1. The van der Waals surface area contributed by atoms with E-state index in [2.05, 4.69) is 15.5 Å². The van der Waals surface area contributed by atoms with Crippen molar-refractivity contribution in [1.82, 2.24) is 5.32 Å². The topological polar surface area (TPSA) is 57.1 Å². The van der Waals surface area contributed by atoms with Crippen LogP contribution in [0.3, 0.4) is 0 Å². The monoisotopic (exact) mass is 414 g/mol. The molecule has 1 aliphatic rings. The maximum Gasteiger partial charge on any atom is 0.251 e. The highest BCUT2D eigenvalue weighted by atomic mass is 32.2. The summed E-state index contributed by atoms with van der Waals surface area (Å²) in [5, 5.41) is 11.9. The molecule has 1 heterocycles. The summed E-state index contributed by atoms with van der Waals surface area (Å²) in [6, 6.07) is 27.6. The van der Waals surface area contributed by atoms with Crippen molar-refractivity contribution < 1.29 is 4.79 Å². The lowest BCUT2D eigenvalue weighted by Crippen LogP contribution is -2.35. The molecule has 1 N–H and O–H groups in total. The van der Waals surface area contributed by atoms with Gasteiger partial charge in [-0.25, -0.2) is 0 Å². The van der Waals surface area contributed by atoms with Gasteiger partial charge in [0.05, 0.1) is 6.21 Å². The summed E-state index contributed by atoms with van der Waals surface area (Å²) in [5.41, 5.74) is 3.88. The summed E-state index contributed by atoms with van der Waals surface area (Å²) >= 11 is 1.38. The zero-order valence-electron chi connectivity index (χ0n) is 16.8. The number of benzene rings is 3. The molecule has 0 aliphatic carbocycles. The van der Waals surface area contributed by atoms with E-state index in [0.717, 1.165) is 22.4 Å². The van der Waals surface area contributed by atoms with Gasteiger partial charge in [-0.15, -0.1) is 5.10 Å². The van der Waals surface area contributed by atoms with Crippen molar-refractivity contribution in [2.45, 2.75) is 4.75 Å². The first-order valence-electron chi connectivity index (χ1n) is 9.59. The van der Waals surface area contributed by atoms with Crippen LogP contribution in [0.4, 0.5) is 5.69 Å². The average Bonchev–Trinajstić information content (AvgIpc) is 3.12. The van der Waals surface area contributed by atoms with Crippen molar-refractivity contribution in [2.24, 2.45) is 10.2 Å². The molecule has 3 aromatic carbocycles. The number of nitrogens with zero attached hydrogens (tertiary/aromatic N) is 3. The maximum absolute atomic E-state index is 13.2. The Balaban J connectivity index is 1.62. The van der Waals surface area contributed by atoms with E-state index in [4.69, 9.17) is 0 Å². The molecular formula is C24H22N4OS. The molecule has 4 rings (SSSR count). The smallest absolute Gasteiger partial charge is 0.251 e. The van der Waals surface area contributed by atoms with Crippen LogP contribution < -0.4 is 10.2 Å². The predicted molar refractivity (Wildman–Crippen MR) is 125 cm³/mol. The highest BCUT2D eigenvalue weighted by Gasteiger charge is 2.49. The molecule has 0 atom stereocenters. The fraction of sp³-hybridized carbons (Fsp3) is 0.125. The molecule has 1 aliphatic heterocycles. The molecule has 0 aromatic heterocycles. The van der Waals surface area contributed by atoms with Crippen LogP contribution in [0.2, 0.25) is 0 Å². The number of hydrogen-bond acceptors (Lipinski definition) is 5. The van der Waals surface area contributed by atoms with Crippen molar-refractivity contribution in [2.75, 3.05) is 19.0 Å². The summed E-state index contributed by atoms with van der Waals surface area (Å²) in [4.78, 5) is 15.2. The first kappa shape index (κ1) is 19.9. The molecule has 30 heavy (non-hydrogen) atoms. The Kier molecular flexibility index (Phi) is 5.68. The standard InChI is InChI=1S/C24H22N4OS/c1-28(2)21-15-13-18(14-16-21)17-25-27-23-26-22(29)24(30-23,19-9-5-3-6-10-19)20-11-7-4-8-12-20/h3-17H,1-2H3,(H,26,27,29)/b25-17+. The third-order valence-electron chi connectivity index (χ3n) is 4.92. The second-order valence-corrected chi connectivity index (χ2v) is 8.31. The van der Waals surface area contributed by atoms with Crippen molar-refractivity contribution in [3.8, 4) is 0 Å². The van der Waals surface area contributed by atoms with E-state index < -0.39 is 4.75 Å². The summed E-state index contributed by atoms with van der Waals surface area (Å²) < 4.78 is -0.885. The lowest BCUT2D eigenvalue weighted by atomic mass is 9.89. The fourth-order valence-corrected chi connectivity index (χ4v) is 4.52. The van der Waals surface area contributed by atoms with Crippen LogP contribution in [-0.4, -0.2) is 31.4 Å². The van der Waals surface area contributed by atoms with E-state index in [0.29, 0.717) is 5.17 Å². The Morgan fingerprint density at radius 2 is 1.43 bits per heavy atom. The summed E-state index contributed by atoms with van der Waals surface area (Å²) in [7, 11) is 4.00. The second kappa shape index (κ2) is 8.55. The van der Waals surface area contributed by atoms with Crippen LogP contribution >= 0.6 is 11.8 Å². The normalized spacial score (nSPS) is 16.7. The Hall–Kier alpha value is -3.38. The van der Waals surface area contributed by atoms with Gasteiger partial charge in [0.2, 0.25) is 0 Å². The highest BCUT2D eigenvalue weighted by Crippen LogP contribution is 2.46. The minimum atomic E-state index is -0.885. The number of carbonyl (C=O) groups is 1. The maximum atomic E-state index is 13.2. The Labute approximate surface area is 180 Å². The van der Waals surface area contributed by atoms with Crippen molar-refractivity contribution in [3.63, 3.8) is 0 Å². The number of nitrogens with one attached hydrogen (secondary N) is 1. The summed E-state index contributed by atoms with van der Waals surface area (Å²) in [6.07, 6.45) is 1.68. The molecule has 5 nitrogen and oxygen atoms in total. The Morgan fingerprint density at radius 3 is 1.97 bits per heavy atom. The molecule has 0 bridgehead atoms. The Bertz CT molecular complexity index is 1040. The number of carbonyl (C=O) groups excluding carboxylic acids is 1. The average molecular weight is 415 g/mol. The SMILES string of the molecule is CN(C)c1ccc(/C=N/N=C2\NC(=O)C(c3ccccc3)(c3ccccc3)S2)cc1. The van der Waals surface area contributed by atoms with E-state index in [1.807, 2.05) is 104 Å². The molecule has 6 heteroatoms. The van der Waals surface area contributed by atoms with E-state index in [1.54, 1.807) is 6.21 Å². The molecule has 0 unspecified atom stereocenters. The number of rotatable bonds is 5.